The van der Waals surface area contributed by atoms with Crippen molar-refractivity contribution in [2.24, 2.45) is 17.8 Å². The van der Waals surface area contributed by atoms with Gasteiger partial charge in [-0.15, -0.1) is 0 Å². The van der Waals surface area contributed by atoms with Crippen LogP contribution in [0.4, 0.5) is 0 Å². The third-order valence-corrected chi connectivity index (χ3v) is 25.1. The zero-order valence-electron chi connectivity index (χ0n) is 61.2. The van der Waals surface area contributed by atoms with E-state index in [2.05, 4.69) is 161 Å². The van der Waals surface area contributed by atoms with Crippen LogP contribution in [0.5, 0.6) is 0 Å². The summed E-state index contributed by atoms with van der Waals surface area (Å²) >= 11 is 0. The number of nitrogens with zero attached hydrogens (tertiary/aromatic N) is 3. The summed E-state index contributed by atoms with van der Waals surface area (Å²) in [6.07, 6.45) is 27.0. The Morgan fingerprint density at radius 3 is 0.902 bits per heavy atom. The number of pyridine rings is 3. The van der Waals surface area contributed by atoms with Gasteiger partial charge in [0.15, 0.2) is 17.3 Å². The molecule has 9 aromatic rings. The Balaban J connectivity index is 0.000000137. The van der Waals surface area contributed by atoms with Crippen LogP contribution in [0.25, 0.3) is 0 Å². The van der Waals surface area contributed by atoms with Crippen molar-refractivity contribution in [1.82, 2.24) is 15.0 Å². The Hall–Kier alpha value is -8.34. The third-order valence-electron chi connectivity index (χ3n) is 25.1. The fourth-order valence-electron chi connectivity index (χ4n) is 19.6. The van der Waals surface area contributed by atoms with Crippen LogP contribution in [0.3, 0.4) is 0 Å². The van der Waals surface area contributed by atoms with Crippen molar-refractivity contribution in [3.63, 3.8) is 0 Å². The van der Waals surface area contributed by atoms with Gasteiger partial charge < -0.3 is 15.3 Å². The highest BCUT2D eigenvalue weighted by Gasteiger charge is 2.52. The monoisotopic (exact) mass is 1360 g/mol. The first-order valence-corrected chi connectivity index (χ1v) is 38.1. The first-order valence-electron chi connectivity index (χ1n) is 38.1. The second-order valence-corrected chi connectivity index (χ2v) is 32.5. The largest absolute Gasteiger partial charge is 0.390 e. The maximum absolute atomic E-state index is 13.2. The predicted molar refractivity (Wildman–Crippen MR) is 409 cm³/mol. The standard InChI is InChI=1S/3C31H35NO2/c3*1-22-24(11-7-17-32-22)19-29(33)26-13-14-28-25(18-26)10-6-12-27-21-30(2,34)15-16-31(27,28)20-23-8-4-3-5-9-23/h3*3-5,7-9,11,13-14,17-18,27,34H,6,10,12,15-16,19-21H2,1-2H3/t3*27-,30-,31+/m110/s1. The number of aryl methyl sites for hydroxylation is 6. The van der Waals surface area contributed by atoms with Crippen LogP contribution in [0.2, 0.25) is 0 Å². The van der Waals surface area contributed by atoms with E-state index in [0.29, 0.717) is 37.0 Å². The number of Topliss-reactive ketones (excluding diaryl/α,β-unsaturated/α-hetero) is 3. The number of carbonyl (C=O) groups is 3. The van der Waals surface area contributed by atoms with E-state index in [1.54, 1.807) is 18.6 Å². The van der Waals surface area contributed by atoms with E-state index in [4.69, 9.17) is 0 Å². The number of aromatic nitrogens is 3. The summed E-state index contributed by atoms with van der Waals surface area (Å²) in [6, 6.07) is 63.5. The molecule has 9 atom stereocenters. The predicted octanol–water partition coefficient (Wildman–Crippen LogP) is 18.5. The van der Waals surface area contributed by atoms with Crippen LogP contribution in [0, 0.1) is 38.5 Å². The lowest BCUT2D eigenvalue weighted by Gasteiger charge is -2.49. The molecular formula is C93H105N3O6. The zero-order valence-corrected chi connectivity index (χ0v) is 61.2. The number of benzene rings is 6. The summed E-state index contributed by atoms with van der Waals surface area (Å²) in [6.45, 7) is 11.9. The molecule has 9 heteroatoms. The minimum Gasteiger partial charge on any atom is -0.390 e. The molecule has 0 amide bonds. The van der Waals surface area contributed by atoms with Crippen LogP contribution in [0.15, 0.2) is 201 Å². The number of fused-ring (bicyclic) bond motifs is 9. The zero-order chi connectivity index (χ0) is 71.3. The highest BCUT2D eigenvalue weighted by Crippen LogP contribution is 2.57. The highest BCUT2D eigenvalue weighted by atomic mass is 16.3. The van der Waals surface area contributed by atoms with Crippen LogP contribution in [0.1, 0.15) is 232 Å². The molecule has 0 unspecified atom stereocenters. The lowest BCUT2D eigenvalue weighted by molar-refractivity contribution is -0.0333. The maximum Gasteiger partial charge on any atom is 0.167 e. The summed E-state index contributed by atoms with van der Waals surface area (Å²) < 4.78 is 0. The molecule has 3 heterocycles. The van der Waals surface area contributed by atoms with Crippen LogP contribution in [-0.2, 0) is 74.0 Å². The van der Waals surface area contributed by atoms with E-state index in [1.165, 1.54) is 50.1 Å². The quantitative estimate of drug-likeness (QED) is 0.0852. The van der Waals surface area contributed by atoms with Crippen molar-refractivity contribution in [3.05, 3.63) is 301 Å². The lowest BCUT2D eigenvalue weighted by Crippen LogP contribution is -2.47. The van der Waals surface area contributed by atoms with Gasteiger partial charge in [0.25, 0.3) is 0 Å². The van der Waals surface area contributed by atoms with Crippen molar-refractivity contribution in [2.75, 3.05) is 0 Å². The van der Waals surface area contributed by atoms with Crippen LogP contribution >= 0.6 is 0 Å². The fourth-order valence-corrected chi connectivity index (χ4v) is 19.6. The summed E-state index contributed by atoms with van der Waals surface area (Å²) in [4.78, 5) is 52.7. The molecule has 0 radical (unpaired) electrons. The number of ketones is 3. The molecule has 0 spiro atoms. The van der Waals surface area contributed by atoms with Gasteiger partial charge in [0, 0.05) is 87.9 Å². The van der Waals surface area contributed by atoms with Crippen molar-refractivity contribution in [1.29, 1.82) is 0 Å². The smallest absolute Gasteiger partial charge is 0.167 e. The molecule has 6 aromatic carbocycles. The highest BCUT2D eigenvalue weighted by molar-refractivity contribution is 5.99. The second kappa shape index (κ2) is 30.5. The summed E-state index contributed by atoms with van der Waals surface area (Å²) in [5.41, 5.74) is 18.7. The molecule has 3 aromatic heterocycles. The van der Waals surface area contributed by atoms with Crippen molar-refractivity contribution in [3.8, 4) is 0 Å². The average Bonchev–Trinajstić information content (AvgIpc) is 1.21. The van der Waals surface area contributed by atoms with E-state index >= 15 is 0 Å². The van der Waals surface area contributed by atoms with Gasteiger partial charge in [0.2, 0.25) is 0 Å². The van der Waals surface area contributed by atoms with Gasteiger partial charge in [-0.2, -0.15) is 0 Å². The summed E-state index contributed by atoms with van der Waals surface area (Å²) in [5, 5.41) is 32.9. The first kappa shape index (κ1) is 72.0. The number of rotatable bonds is 15. The Labute approximate surface area is 606 Å². The van der Waals surface area contributed by atoms with Crippen molar-refractivity contribution < 1.29 is 29.7 Å². The van der Waals surface area contributed by atoms with Gasteiger partial charge >= 0.3 is 0 Å². The molecule has 0 bridgehead atoms. The average molecular weight is 1360 g/mol. The molecular weight excluding hydrogens is 1260 g/mol. The number of hydrogen-bond acceptors (Lipinski definition) is 9. The number of hydrogen-bond donors (Lipinski definition) is 3. The Bertz CT molecular complexity index is 4000. The lowest BCUT2D eigenvalue weighted by atomic mass is 9.56. The van der Waals surface area contributed by atoms with Gasteiger partial charge in [-0.05, 0) is 297 Å². The number of carbonyl (C=O) groups excluding carboxylic acids is 3. The molecule has 102 heavy (non-hydrogen) atoms. The van der Waals surface area contributed by atoms with Crippen LogP contribution < -0.4 is 0 Å². The minimum absolute atomic E-state index is 0.0109. The third kappa shape index (κ3) is 16.0. The molecule has 3 fully saturated rings. The minimum atomic E-state index is -0.590. The fraction of sp³-hybridized carbons (Fsp3) is 0.419. The normalized spacial score (nSPS) is 26.3. The molecule has 528 valence electrons. The molecule has 0 aliphatic heterocycles. The molecule has 6 aliphatic carbocycles. The Kier molecular flexibility index (Phi) is 21.6. The van der Waals surface area contributed by atoms with Crippen molar-refractivity contribution in [2.45, 2.75) is 229 Å². The topological polar surface area (TPSA) is 151 Å². The van der Waals surface area contributed by atoms with Crippen LogP contribution in [-0.4, -0.2) is 64.4 Å². The van der Waals surface area contributed by atoms with Gasteiger partial charge in [0.1, 0.15) is 0 Å². The Morgan fingerprint density at radius 1 is 0.363 bits per heavy atom. The molecule has 3 saturated carbocycles. The van der Waals surface area contributed by atoms with E-state index in [9.17, 15) is 29.7 Å². The maximum atomic E-state index is 13.2. The van der Waals surface area contributed by atoms with Gasteiger partial charge in [0.05, 0.1) is 16.8 Å². The van der Waals surface area contributed by atoms with E-state index < -0.39 is 16.8 Å². The van der Waals surface area contributed by atoms with Gasteiger partial charge in [-0.25, -0.2) is 0 Å². The first-order chi connectivity index (χ1) is 49.1. The summed E-state index contributed by atoms with van der Waals surface area (Å²) in [5.74, 6) is 1.79. The molecule has 15 rings (SSSR count). The molecule has 9 nitrogen and oxygen atoms in total. The van der Waals surface area contributed by atoms with Gasteiger partial charge in [-0.1, -0.05) is 146 Å². The molecule has 6 aliphatic rings. The molecule has 3 N–H and O–H groups in total. The van der Waals surface area contributed by atoms with E-state index in [-0.39, 0.29) is 33.6 Å². The summed E-state index contributed by atoms with van der Waals surface area (Å²) in [7, 11) is 0. The second-order valence-electron chi connectivity index (χ2n) is 32.5. The van der Waals surface area contributed by atoms with Gasteiger partial charge in [-0.3, -0.25) is 29.3 Å². The van der Waals surface area contributed by atoms with Crippen molar-refractivity contribution >= 4 is 17.3 Å². The Morgan fingerprint density at radius 2 is 0.637 bits per heavy atom. The van der Waals surface area contributed by atoms with E-state index in [0.717, 1.165) is 185 Å². The number of aliphatic hydroxyl groups is 3. The SMILES string of the molecule is Cc1ncccc1CC(=O)c1ccc2c(c1)CCC[C@@H]1C[C@](C)(O)CC[C@@]21Cc1ccccc1.Cc1ncccc1CC(=O)c1ccc2c(c1)CCC[C@@H]1C[C@](C)(O)CC[C@@]21Cc1ccccc1.Cc1ncccc1CC(=O)c1ccc2c(c1)CCC[C@H]1C[C@@](C)(O)CC[C@]21Cc1ccccc1. The van der Waals surface area contributed by atoms with E-state index in [1.807, 2.05) is 77.9 Å². The molecule has 0 saturated heterocycles.